The second-order valence-corrected chi connectivity index (χ2v) is 10.4. The minimum Gasteiger partial charge on any atom is -0.490 e. The van der Waals surface area contributed by atoms with E-state index in [2.05, 4.69) is 18.7 Å². The van der Waals surface area contributed by atoms with Crippen molar-refractivity contribution in [2.45, 2.75) is 83.5 Å². The molecule has 1 aliphatic carbocycles. The number of rotatable bonds is 7. The van der Waals surface area contributed by atoms with E-state index in [0.717, 1.165) is 57.1 Å². The molecule has 7 heteroatoms. The Hall–Kier alpha value is -2.28. The fraction of sp³-hybridized carbons (Fsp3) is 0.607. The van der Waals surface area contributed by atoms with E-state index in [1.807, 2.05) is 6.07 Å². The molecule has 0 bridgehead atoms. The first kappa shape index (κ1) is 25.8. The zero-order valence-electron chi connectivity index (χ0n) is 20.6. The molecule has 0 aromatic heterocycles. The minimum atomic E-state index is -4.51. The minimum absolute atomic E-state index is 0.0467. The number of piperidine rings is 1. The van der Waals surface area contributed by atoms with E-state index in [4.69, 9.17) is 4.74 Å². The fourth-order valence-corrected chi connectivity index (χ4v) is 5.95. The van der Waals surface area contributed by atoms with Crippen molar-refractivity contribution >= 4 is 16.7 Å². The van der Waals surface area contributed by atoms with Crippen LogP contribution in [0, 0.1) is 11.8 Å². The van der Waals surface area contributed by atoms with E-state index >= 15 is 0 Å². The van der Waals surface area contributed by atoms with Gasteiger partial charge in [-0.15, -0.1) is 0 Å². The van der Waals surface area contributed by atoms with Gasteiger partial charge in [-0.2, -0.15) is 13.2 Å². The van der Waals surface area contributed by atoms with Crippen LogP contribution in [0.3, 0.4) is 0 Å². The summed E-state index contributed by atoms with van der Waals surface area (Å²) in [6.45, 7) is 5.81. The second-order valence-electron chi connectivity index (χ2n) is 10.4. The molecule has 1 aliphatic heterocycles. The number of carbonyl (C=O) groups is 1. The number of alkyl halides is 3. The Morgan fingerprint density at radius 2 is 1.89 bits per heavy atom. The molecule has 2 fully saturated rings. The number of ether oxygens (including phenoxy) is 1. The van der Waals surface area contributed by atoms with E-state index < -0.39 is 17.7 Å². The fourth-order valence-electron chi connectivity index (χ4n) is 5.95. The molecule has 2 unspecified atom stereocenters. The Balaban J connectivity index is 1.62. The molecule has 1 N–H and O–H groups in total. The van der Waals surface area contributed by atoms with Crippen LogP contribution >= 0.6 is 0 Å². The van der Waals surface area contributed by atoms with Crippen molar-refractivity contribution < 1.29 is 27.8 Å². The van der Waals surface area contributed by atoms with Crippen LogP contribution in [0.5, 0.6) is 5.75 Å². The first-order valence-corrected chi connectivity index (χ1v) is 12.9. The van der Waals surface area contributed by atoms with Gasteiger partial charge < -0.3 is 9.84 Å². The number of carboxylic acid groups (broad SMARTS) is 1. The van der Waals surface area contributed by atoms with Gasteiger partial charge in [0.2, 0.25) is 0 Å². The van der Waals surface area contributed by atoms with E-state index in [-0.39, 0.29) is 35.6 Å². The highest BCUT2D eigenvalue weighted by molar-refractivity contribution is 5.89. The topological polar surface area (TPSA) is 49.8 Å². The molecule has 2 atom stereocenters. The van der Waals surface area contributed by atoms with E-state index in [0.29, 0.717) is 17.8 Å². The molecule has 1 saturated heterocycles. The van der Waals surface area contributed by atoms with Gasteiger partial charge in [0, 0.05) is 19.0 Å². The number of hydrogen-bond acceptors (Lipinski definition) is 3. The SMILES string of the molecule is CCC(c1ccc2c(C(F)(F)F)c(OC3CCC(C)CC3)ccc2c1)N1CCCC(CC(=O)O)C1. The predicted octanol–water partition coefficient (Wildman–Crippen LogP) is 7.45. The molecule has 0 spiro atoms. The van der Waals surface area contributed by atoms with Crippen LogP contribution < -0.4 is 4.74 Å². The number of benzene rings is 2. The average Bonchev–Trinajstić information content (AvgIpc) is 2.80. The Labute approximate surface area is 205 Å². The molecule has 2 aromatic rings. The molecule has 0 radical (unpaired) electrons. The highest BCUT2D eigenvalue weighted by Gasteiger charge is 2.37. The van der Waals surface area contributed by atoms with Crippen LogP contribution in [-0.4, -0.2) is 35.2 Å². The largest absolute Gasteiger partial charge is 0.490 e. The zero-order chi connectivity index (χ0) is 25.2. The van der Waals surface area contributed by atoms with Gasteiger partial charge in [0.25, 0.3) is 0 Å². The Morgan fingerprint density at radius 3 is 2.54 bits per heavy atom. The summed E-state index contributed by atoms with van der Waals surface area (Å²) >= 11 is 0. The number of halogens is 3. The summed E-state index contributed by atoms with van der Waals surface area (Å²) in [5.74, 6) is -0.152. The van der Waals surface area contributed by atoms with Crippen LogP contribution in [0.4, 0.5) is 13.2 Å². The normalized spacial score (nSPS) is 24.9. The van der Waals surface area contributed by atoms with Crippen molar-refractivity contribution in [2.24, 2.45) is 11.8 Å². The van der Waals surface area contributed by atoms with Gasteiger partial charge in [-0.25, -0.2) is 0 Å². The van der Waals surface area contributed by atoms with Gasteiger partial charge in [-0.05, 0) is 91.8 Å². The maximum atomic E-state index is 14.2. The Kier molecular flexibility index (Phi) is 7.94. The average molecular weight is 492 g/mol. The molecule has 2 aromatic carbocycles. The molecule has 1 heterocycles. The molecule has 1 saturated carbocycles. The van der Waals surface area contributed by atoms with Gasteiger partial charge in [-0.1, -0.05) is 32.0 Å². The Morgan fingerprint density at radius 1 is 1.14 bits per heavy atom. The third kappa shape index (κ3) is 6.11. The summed E-state index contributed by atoms with van der Waals surface area (Å²) in [5, 5.41) is 9.91. The van der Waals surface area contributed by atoms with E-state index in [1.54, 1.807) is 18.2 Å². The molecular weight excluding hydrogens is 455 g/mol. The summed E-state index contributed by atoms with van der Waals surface area (Å²) in [6.07, 6.45) is 1.62. The molecule has 192 valence electrons. The summed E-state index contributed by atoms with van der Waals surface area (Å²) in [4.78, 5) is 13.5. The van der Waals surface area contributed by atoms with Gasteiger partial charge in [0.1, 0.15) is 11.3 Å². The maximum absolute atomic E-state index is 14.2. The number of likely N-dealkylation sites (tertiary alicyclic amines) is 1. The summed E-state index contributed by atoms with van der Waals surface area (Å²) in [7, 11) is 0. The van der Waals surface area contributed by atoms with Crippen LogP contribution in [0.25, 0.3) is 10.8 Å². The lowest BCUT2D eigenvalue weighted by atomic mass is 9.89. The monoisotopic (exact) mass is 491 g/mol. The Bertz CT molecular complexity index is 1030. The van der Waals surface area contributed by atoms with Crippen molar-refractivity contribution in [1.82, 2.24) is 4.90 Å². The molecule has 2 aliphatic rings. The third-order valence-electron chi connectivity index (χ3n) is 7.77. The molecule has 4 nitrogen and oxygen atoms in total. The standard InChI is InChI=1S/C28H36F3NO3/c1-3-24(32-14-4-5-19(17-32)15-26(33)34)21-8-12-23-20(16-21)9-13-25(27(23)28(29,30)31)35-22-10-6-18(2)7-11-22/h8-9,12-13,16,18-19,22,24H,3-7,10-11,14-15,17H2,1-2H3,(H,33,34). The van der Waals surface area contributed by atoms with Crippen LogP contribution in [0.2, 0.25) is 0 Å². The van der Waals surface area contributed by atoms with Crippen molar-refractivity contribution in [3.05, 3.63) is 41.5 Å². The lowest BCUT2D eigenvalue weighted by molar-refractivity contribution is -0.139. The lowest BCUT2D eigenvalue weighted by Crippen LogP contribution is -2.38. The molecular formula is C28H36F3NO3. The number of aliphatic carboxylic acids is 1. The number of nitrogens with zero attached hydrogens (tertiary/aromatic N) is 1. The first-order chi connectivity index (χ1) is 16.7. The van der Waals surface area contributed by atoms with Gasteiger partial charge >= 0.3 is 12.1 Å². The van der Waals surface area contributed by atoms with Crippen LogP contribution in [0.15, 0.2) is 30.3 Å². The van der Waals surface area contributed by atoms with Crippen molar-refractivity contribution in [3.8, 4) is 5.75 Å². The van der Waals surface area contributed by atoms with E-state index in [1.165, 1.54) is 6.07 Å². The lowest BCUT2D eigenvalue weighted by Gasteiger charge is -2.38. The van der Waals surface area contributed by atoms with Crippen molar-refractivity contribution in [2.75, 3.05) is 13.1 Å². The van der Waals surface area contributed by atoms with E-state index in [9.17, 15) is 23.1 Å². The maximum Gasteiger partial charge on any atom is 0.420 e. The highest BCUT2D eigenvalue weighted by atomic mass is 19.4. The third-order valence-corrected chi connectivity index (χ3v) is 7.77. The quantitative estimate of drug-likeness (QED) is 0.437. The van der Waals surface area contributed by atoms with Gasteiger partial charge in [0.05, 0.1) is 6.10 Å². The van der Waals surface area contributed by atoms with Crippen LogP contribution in [-0.2, 0) is 11.0 Å². The first-order valence-electron chi connectivity index (χ1n) is 12.9. The zero-order valence-corrected chi connectivity index (χ0v) is 20.6. The number of fused-ring (bicyclic) bond motifs is 1. The number of carboxylic acids is 1. The second kappa shape index (κ2) is 10.8. The smallest absolute Gasteiger partial charge is 0.420 e. The van der Waals surface area contributed by atoms with Crippen molar-refractivity contribution in [3.63, 3.8) is 0 Å². The predicted molar refractivity (Wildman–Crippen MR) is 131 cm³/mol. The number of hydrogen-bond donors (Lipinski definition) is 1. The molecule has 0 amide bonds. The molecule has 35 heavy (non-hydrogen) atoms. The van der Waals surface area contributed by atoms with Crippen molar-refractivity contribution in [1.29, 1.82) is 0 Å². The van der Waals surface area contributed by atoms with Gasteiger partial charge in [0.15, 0.2) is 0 Å². The van der Waals surface area contributed by atoms with Gasteiger partial charge in [-0.3, -0.25) is 9.69 Å². The summed E-state index contributed by atoms with van der Waals surface area (Å²) in [5.41, 5.74) is 0.284. The summed E-state index contributed by atoms with van der Waals surface area (Å²) in [6, 6.07) is 8.53. The highest BCUT2D eigenvalue weighted by Crippen LogP contribution is 2.43. The summed E-state index contributed by atoms with van der Waals surface area (Å²) < 4.78 is 48.6. The van der Waals surface area contributed by atoms with Crippen LogP contribution in [0.1, 0.15) is 82.4 Å². The molecule has 4 rings (SSSR count).